The van der Waals surface area contributed by atoms with E-state index >= 15 is 0 Å². The first-order valence-corrected chi connectivity index (χ1v) is 6.60. The van der Waals surface area contributed by atoms with E-state index in [2.05, 4.69) is 0 Å². The fourth-order valence-corrected chi connectivity index (χ4v) is 2.26. The van der Waals surface area contributed by atoms with Crippen molar-refractivity contribution < 1.29 is 32.6 Å². The first-order chi connectivity index (χ1) is 10.3. The molecule has 0 aromatic heterocycles. The number of piperidine rings is 1. The summed E-state index contributed by atoms with van der Waals surface area (Å²) >= 11 is 0. The maximum absolute atomic E-state index is 12.6. The smallest absolute Gasteiger partial charge is 0.416 e. The van der Waals surface area contributed by atoms with Gasteiger partial charge in [-0.25, -0.2) is 0 Å². The summed E-state index contributed by atoms with van der Waals surface area (Å²) in [5.41, 5.74) is -1.11. The van der Waals surface area contributed by atoms with Gasteiger partial charge in [-0.05, 0) is 18.2 Å². The van der Waals surface area contributed by atoms with E-state index in [0.29, 0.717) is 19.1 Å². The molecule has 8 heteroatoms. The van der Waals surface area contributed by atoms with Gasteiger partial charge in [0.2, 0.25) is 0 Å². The van der Waals surface area contributed by atoms with E-state index in [1.54, 1.807) is 0 Å². The fourth-order valence-electron chi connectivity index (χ4n) is 2.26. The standard InChI is InChI=1S/C14H14F3NO4/c15-14(16,17)10-1-2-12(9(7-10)8-19)22-11-3-5-18(6-4-11)13(20)21/h1-2,7-8,11H,3-6H2,(H,20,21)/p-1. The van der Waals surface area contributed by atoms with Crippen molar-refractivity contribution in [3.63, 3.8) is 0 Å². The Morgan fingerprint density at radius 1 is 1.32 bits per heavy atom. The van der Waals surface area contributed by atoms with Gasteiger partial charge in [0, 0.05) is 25.9 Å². The molecule has 1 aromatic rings. The second-order valence-corrected chi connectivity index (χ2v) is 4.94. The van der Waals surface area contributed by atoms with Crippen LogP contribution in [0.4, 0.5) is 18.0 Å². The second kappa shape index (κ2) is 6.25. The number of benzene rings is 1. The van der Waals surface area contributed by atoms with Crippen molar-refractivity contribution >= 4 is 12.4 Å². The van der Waals surface area contributed by atoms with Crippen molar-refractivity contribution in [1.82, 2.24) is 4.90 Å². The molecule has 1 saturated heterocycles. The zero-order valence-corrected chi connectivity index (χ0v) is 11.4. The maximum Gasteiger partial charge on any atom is 0.416 e. The van der Waals surface area contributed by atoms with Gasteiger partial charge in [-0.15, -0.1) is 0 Å². The molecule has 0 spiro atoms. The van der Waals surface area contributed by atoms with Gasteiger partial charge in [0.15, 0.2) is 6.29 Å². The van der Waals surface area contributed by atoms with E-state index in [-0.39, 0.29) is 30.5 Å². The molecule has 1 fully saturated rings. The Balaban J connectivity index is 2.07. The van der Waals surface area contributed by atoms with Crippen molar-refractivity contribution in [3.8, 4) is 5.75 Å². The van der Waals surface area contributed by atoms with Crippen LogP contribution in [0.2, 0.25) is 0 Å². The highest BCUT2D eigenvalue weighted by molar-refractivity contribution is 5.79. The molecule has 1 amide bonds. The summed E-state index contributed by atoms with van der Waals surface area (Å²) in [6.07, 6.45) is -5.08. The predicted octanol–water partition coefficient (Wildman–Crippen LogP) is 1.70. The molecule has 1 aliphatic rings. The zero-order valence-electron chi connectivity index (χ0n) is 11.4. The molecular formula is C14H13F3NO4-. The lowest BCUT2D eigenvalue weighted by Crippen LogP contribution is -2.47. The van der Waals surface area contributed by atoms with Crippen molar-refractivity contribution in [2.45, 2.75) is 25.1 Å². The number of carbonyl (C=O) groups is 2. The minimum absolute atomic E-state index is 0.0647. The molecule has 0 atom stereocenters. The SMILES string of the molecule is O=Cc1cc(C(F)(F)F)ccc1OC1CCN(C(=O)[O-])CC1. The molecule has 120 valence electrons. The summed E-state index contributed by atoms with van der Waals surface area (Å²) in [6, 6.07) is 2.69. The number of likely N-dealkylation sites (tertiary alicyclic amines) is 1. The minimum atomic E-state index is -4.53. The number of aldehydes is 1. The number of carbonyl (C=O) groups excluding carboxylic acids is 2. The van der Waals surface area contributed by atoms with Gasteiger partial charge in [-0.2, -0.15) is 13.2 Å². The molecule has 0 saturated carbocycles. The van der Waals surface area contributed by atoms with Crippen LogP contribution in [0.15, 0.2) is 18.2 Å². The summed E-state index contributed by atoms with van der Waals surface area (Å²) in [6.45, 7) is 0.452. The Kier molecular flexibility index (Phi) is 4.58. The monoisotopic (exact) mass is 316 g/mol. The number of amides is 1. The van der Waals surface area contributed by atoms with E-state index in [1.165, 1.54) is 0 Å². The lowest BCUT2D eigenvalue weighted by atomic mass is 10.1. The van der Waals surface area contributed by atoms with E-state index in [0.717, 1.165) is 23.1 Å². The Morgan fingerprint density at radius 3 is 2.45 bits per heavy atom. The summed E-state index contributed by atoms with van der Waals surface area (Å²) in [5.74, 6) is 0.0647. The van der Waals surface area contributed by atoms with E-state index in [4.69, 9.17) is 4.74 Å². The highest BCUT2D eigenvalue weighted by atomic mass is 19.4. The number of halogens is 3. The number of alkyl halides is 3. The molecular weight excluding hydrogens is 303 g/mol. The fraction of sp³-hybridized carbons (Fsp3) is 0.429. The molecule has 22 heavy (non-hydrogen) atoms. The number of nitrogens with zero attached hydrogens (tertiary/aromatic N) is 1. The summed E-state index contributed by atoms with van der Waals surface area (Å²) in [7, 11) is 0. The molecule has 1 heterocycles. The van der Waals surface area contributed by atoms with E-state index in [1.807, 2.05) is 0 Å². The quantitative estimate of drug-likeness (QED) is 0.796. The van der Waals surface area contributed by atoms with Gasteiger partial charge < -0.3 is 19.5 Å². The van der Waals surface area contributed by atoms with Gasteiger partial charge in [-0.3, -0.25) is 4.79 Å². The van der Waals surface area contributed by atoms with Gasteiger partial charge in [0.1, 0.15) is 17.9 Å². The van der Waals surface area contributed by atoms with Crippen LogP contribution >= 0.6 is 0 Å². The highest BCUT2D eigenvalue weighted by Crippen LogP contribution is 2.32. The molecule has 0 N–H and O–H groups in total. The number of rotatable bonds is 3. The predicted molar refractivity (Wildman–Crippen MR) is 67.5 cm³/mol. The van der Waals surface area contributed by atoms with Gasteiger partial charge >= 0.3 is 6.18 Å². The van der Waals surface area contributed by atoms with Crippen molar-refractivity contribution in [3.05, 3.63) is 29.3 Å². The van der Waals surface area contributed by atoms with Crippen molar-refractivity contribution in [2.75, 3.05) is 13.1 Å². The average Bonchev–Trinajstić information content (AvgIpc) is 2.47. The third-order valence-corrected chi connectivity index (χ3v) is 3.46. The molecule has 2 rings (SSSR count). The molecule has 0 bridgehead atoms. The average molecular weight is 316 g/mol. The first kappa shape index (κ1) is 16.1. The Bertz CT molecular complexity index is 566. The van der Waals surface area contributed by atoms with Gasteiger partial charge in [0.25, 0.3) is 0 Å². The normalized spacial score (nSPS) is 16.4. The number of hydrogen-bond donors (Lipinski definition) is 0. The van der Waals surface area contributed by atoms with E-state index < -0.39 is 17.8 Å². The third kappa shape index (κ3) is 3.69. The maximum atomic E-state index is 12.6. The van der Waals surface area contributed by atoms with Crippen LogP contribution in [0.5, 0.6) is 5.75 Å². The Hall–Kier alpha value is -2.25. The lowest BCUT2D eigenvalue weighted by molar-refractivity contribution is -0.266. The van der Waals surface area contributed by atoms with Crippen molar-refractivity contribution in [2.24, 2.45) is 0 Å². The van der Waals surface area contributed by atoms with Gasteiger partial charge in [0.05, 0.1) is 11.1 Å². The zero-order chi connectivity index (χ0) is 16.3. The third-order valence-electron chi connectivity index (χ3n) is 3.46. The largest absolute Gasteiger partial charge is 0.530 e. The van der Waals surface area contributed by atoms with Crippen molar-refractivity contribution in [1.29, 1.82) is 0 Å². The molecule has 0 aliphatic carbocycles. The van der Waals surface area contributed by atoms with Crippen LogP contribution < -0.4 is 9.84 Å². The highest BCUT2D eigenvalue weighted by Gasteiger charge is 2.31. The lowest BCUT2D eigenvalue weighted by Gasteiger charge is -2.33. The second-order valence-electron chi connectivity index (χ2n) is 4.94. The Labute approximate surface area is 124 Å². The van der Waals surface area contributed by atoms with Crippen LogP contribution in [0.1, 0.15) is 28.8 Å². The van der Waals surface area contributed by atoms with E-state index in [9.17, 15) is 27.9 Å². The summed E-state index contributed by atoms with van der Waals surface area (Å²) in [5, 5.41) is 10.7. The summed E-state index contributed by atoms with van der Waals surface area (Å²) in [4.78, 5) is 22.8. The van der Waals surface area contributed by atoms with Crippen LogP contribution in [0.25, 0.3) is 0 Å². The topological polar surface area (TPSA) is 69.7 Å². The van der Waals surface area contributed by atoms with Crippen LogP contribution in [-0.4, -0.2) is 36.5 Å². The number of carboxylic acid groups (broad SMARTS) is 1. The number of hydrogen-bond acceptors (Lipinski definition) is 4. The Morgan fingerprint density at radius 2 is 1.95 bits per heavy atom. The first-order valence-electron chi connectivity index (χ1n) is 6.60. The van der Waals surface area contributed by atoms with Crippen LogP contribution in [0, 0.1) is 0 Å². The molecule has 5 nitrogen and oxygen atoms in total. The molecule has 0 unspecified atom stereocenters. The minimum Gasteiger partial charge on any atom is -0.530 e. The molecule has 1 aromatic carbocycles. The summed E-state index contributed by atoms with van der Waals surface area (Å²) < 4.78 is 43.3. The van der Waals surface area contributed by atoms with Gasteiger partial charge in [-0.1, -0.05) is 0 Å². The van der Waals surface area contributed by atoms with Crippen LogP contribution in [0.3, 0.4) is 0 Å². The number of ether oxygens (including phenoxy) is 1. The molecule has 0 radical (unpaired) electrons. The molecule has 1 aliphatic heterocycles. The van der Waals surface area contributed by atoms with Crippen LogP contribution in [-0.2, 0) is 6.18 Å².